The summed E-state index contributed by atoms with van der Waals surface area (Å²) in [4.78, 5) is 19.5. The lowest BCUT2D eigenvalue weighted by molar-refractivity contribution is 0.240. The molecular weight excluding hydrogens is 358 g/mol. The Kier molecular flexibility index (Phi) is 7.73. The zero-order valence-corrected chi connectivity index (χ0v) is 17.2. The summed E-state index contributed by atoms with van der Waals surface area (Å²) in [5.74, 6) is 1.55. The molecule has 27 heavy (non-hydrogen) atoms. The Balaban J connectivity index is 2.47. The molecule has 1 aliphatic heterocycles. The first kappa shape index (κ1) is 20.8. The molecule has 0 unspecified atom stereocenters. The number of para-hydroxylation sites is 2. The van der Waals surface area contributed by atoms with Gasteiger partial charge < -0.3 is 10.1 Å². The van der Waals surface area contributed by atoms with Crippen LogP contribution in [0.1, 0.15) is 27.2 Å². The third kappa shape index (κ3) is 5.26. The molecule has 0 aliphatic carbocycles. The van der Waals surface area contributed by atoms with Crippen LogP contribution in [0, 0.1) is 0 Å². The van der Waals surface area contributed by atoms with Gasteiger partial charge in [0.25, 0.3) is 0 Å². The molecule has 144 valence electrons. The van der Waals surface area contributed by atoms with Crippen molar-refractivity contribution in [3.05, 3.63) is 59.8 Å². The molecule has 0 aromatic heterocycles. The summed E-state index contributed by atoms with van der Waals surface area (Å²) in [5.41, 5.74) is 3.52. The Bertz CT molecular complexity index is 792. The van der Waals surface area contributed by atoms with E-state index in [1.54, 1.807) is 29.8 Å². The third-order valence-electron chi connectivity index (χ3n) is 4.17. The number of aliphatic imine (C=N–C) groups is 1. The fourth-order valence-corrected chi connectivity index (χ4v) is 3.49. The minimum Gasteiger partial charge on any atom is -0.495 e. The first-order valence-electron chi connectivity index (χ1n) is 8.88. The fourth-order valence-electron chi connectivity index (χ4n) is 2.54. The first-order chi connectivity index (χ1) is 13.0. The molecule has 0 radical (unpaired) electrons. The van der Waals surface area contributed by atoms with E-state index in [0.29, 0.717) is 16.6 Å². The van der Waals surface area contributed by atoms with Gasteiger partial charge in [-0.25, -0.2) is 9.69 Å². The van der Waals surface area contributed by atoms with E-state index in [9.17, 15) is 4.79 Å². The lowest BCUT2D eigenvalue weighted by atomic mass is 10.1. The number of hydrogen-bond acceptors (Lipinski definition) is 4. The Labute approximate surface area is 165 Å². The van der Waals surface area contributed by atoms with E-state index in [2.05, 4.69) is 16.9 Å². The number of nitrogens with zero attached hydrogens (tertiary/aromatic N) is 2. The summed E-state index contributed by atoms with van der Waals surface area (Å²) in [6, 6.07) is 7.08. The van der Waals surface area contributed by atoms with E-state index in [1.165, 1.54) is 0 Å². The maximum atomic E-state index is 13.3. The van der Waals surface area contributed by atoms with Gasteiger partial charge in [-0.15, -0.1) is 0 Å². The summed E-state index contributed by atoms with van der Waals surface area (Å²) in [6.07, 6.45) is 4.55. The number of carbonyl (C=O) groups is 1. The van der Waals surface area contributed by atoms with Crippen LogP contribution in [0.5, 0.6) is 5.75 Å². The van der Waals surface area contributed by atoms with Gasteiger partial charge in [0.05, 0.1) is 18.5 Å². The van der Waals surface area contributed by atoms with E-state index in [0.717, 1.165) is 35.6 Å². The smallest absolute Gasteiger partial charge is 0.332 e. The molecule has 0 saturated carbocycles. The second kappa shape index (κ2) is 10.0. The number of amides is 2. The molecule has 0 atom stereocenters. The molecule has 6 heteroatoms. The SMILES string of the molecule is C=C/C=C(\C(C)=C(C)C)N(C(=O)Nc1ccccc1OC)C1=NCCCS1. The van der Waals surface area contributed by atoms with Gasteiger partial charge in [-0.2, -0.15) is 0 Å². The van der Waals surface area contributed by atoms with Crippen LogP contribution in [-0.2, 0) is 0 Å². The maximum absolute atomic E-state index is 13.3. The highest BCUT2D eigenvalue weighted by molar-refractivity contribution is 8.13. The normalized spacial score (nSPS) is 14.1. The summed E-state index contributed by atoms with van der Waals surface area (Å²) in [7, 11) is 1.58. The number of carbonyl (C=O) groups excluding carboxylic acids is 1. The average Bonchev–Trinajstić information content (AvgIpc) is 2.68. The van der Waals surface area contributed by atoms with Gasteiger partial charge in [0.1, 0.15) is 5.75 Å². The van der Waals surface area contributed by atoms with Crippen LogP contribution in [0.25, 0.3) is 0 Å². The summed E-state index contributed by atoms with van der Waals surface area (Å²) < 4.78 is 5.36. The van der Waals surface area contributed by atoms with E-state index in [4.69, 9.17) is 4.74 Å². The van der Waals surface area contributed by atoms with Crippen molar-refractivity contribution in [1.82, 2.24) is 4.90 Å². The predicted molar refractivity (Wildman–Crippen MR) is 116 cm³/mol. The zero-order valence-electron chi connectivity index (χ0n) is 16.4. The highest BCUT2D eigenvalue weighted by Gasteiger charge is 2.27. The van der Waals surface area contributed by atoms with Gasteiger partial charge in [-0.05, 0) is 51.0 Å². The molecule has 0 fully saturated rings. The second-order valence-corrected chi connectivity index (χ2v) is 7.31. The van der Waals surface area contributed by atoms with Gasteiger partial charge in [-0.1, -0.05) is 42.1 Å². The number of nitrogens with one attached hydrogen (secondary N) is 1. The molecule has 1 heterocycles. The lowest BCUT2D eigenvalue weighted by Gasteiger charge is -2.29. The van der Waals surface area contributed by atoms with Crippen molar-refractivity contribution in [2.45, 2.75) is 27.2 Å². The Hall–Kier alpha value is -2.47. The largest absolute Gasteiger partial charge is 0.495 e. The van der Waals surface area contributed by atoms with Gasteiger partial charge >= 0.3 is 6.03 Å². The van der Waals surface area contributed by atoms with Crippen LogP contribution in [0.3, 0.4) is 0 Å². The van der Waals surface area contributed by atoms with Crippen LogP contribution >= 0.6 is 11.8 Å². The molecule has 1 aliphatic rings. The number of amidine groups is 1. The number of anilines is 1. The first-order valence-corrected chi connectivity index (χ1v) is 9.86. The quantitative estimate of drug-likeness (QED) is 0.686. The molecule has 1 aromatic rings. The number of allylic oxidation sites excluding steroid dienone is 4. The average molecular weight is 386 g/mol. The van der Waals surface area contributed by atoms with Crippen LogP contribution < -0.4 is 10.1 Å². The van der Waals surface area contributed by atoms with Gasteiger partial charge in [0.15, 0.2) is 5.17 Å². The second-order valence-electron chi connectivity index (χ2n) is 6.24. The molecule has 0 bridgehead atoms. The topological polar surface area (TPSA) is 53.9 Å². The standard InChI is InChI=1S/C21H27N3O2S/c1-6-10-18(16(4)15(2)3)24(21-22-13-9-14-27-21)20(25)23-17-11-7-8-12-19(17)26-5/h6-8,10-12H,1,9,13-14H2,2-5H3,(H,23,25)/b18-10+. The fraction of sp³-hybridized carbons (Fsp3) is 0.333. The third-order valence-corrected chi connectivity index (χ3v) is 5.24. The van der Waals surface area contributed by atoms with E-state index in [1.807, 2.05) is 51.1 Å². The molecule has 5 nitrogen and oxygen atoms in total. The molecule has 2 amide bonds. The molecule has 1 N–H and O–H groups in total. The van der Waals surface area contributed by atoms with E-state index in [-0.39, 0.29) is 6.03 Å². The number of rotatable bonds is 5. The van der Waals surface area contributed by atoms with E-state index >= 15 is 0 Å². The maximum Gasteiger partial charge on any atom is 0.332 e. The van der Waals surface area contributed by atoms with Crippen molar-refractivity contribution in [3.63, 3.8) is 0 Å². The van der Waals surface area contributed by atoms with Crippen LogP contribution in [0.15, 0.2) is 64.8 Å². The molecule has 0 spiro atoms. The molecule has 1 aromatic carbocycles. The number of ether oxygens (including phenoxy) is 1. The van der Waals surface area contributed by atoms with Gasteiger partial charge in [-0.3, -0.25) is 4.99 Å². The molecule has 2 rings (SSSR count). The van der Waals surface area contributed by atoms with Crippen molar-refractivity contribution in [2.75, 3.05) is 24.7 Å². The van der Waals surface area contributed by atoms with Gasteiger partial charge in [0.2, 0.25) is 0 Å². The monoisotopic (exact) mass is 385 g/mol. The van der Waals surface area contributed by atoms with Crippen LogP contribution in [-0.4, -0.2) is 35.5 Å². The van der Waals surface area contributed by atoms with Crippen LogP contribution in [0.2, 0.25) is 0 Å². The van der Waals surface area contributed by atoms with E-state index < -0.39 is 0 Å². The Morgan fingerprint density at radius 1 is 1.33 bits per heavy atom. The summed E-state index contributed by atoms with van der Waals surface area (Å²) in [5, 5.41) is 3.66. The van der Waals surface area contributed by atoms with Crippen molar-refractivity contribution in [1.29, 1.82) is 0 Å². The number of methoxy groups -OCH3 is 1. The van der Waals surface area contributed by atoms with Crippen molar-refractivity contribution in [3.8, 4) is 5.75 Å². The van der Waals surface area contributed by atoms with Crippen LogP contribution in [0.4, 0.5) is 10.5 Å². The minimum atomic E-state index is -0.277. The predicted octanol–water partition coefficient (Wildman–Crippen LogP) is 5.45. The highest BCUT2D eigenvalue weighted by atomic mass is 32.2. The molecule has 0 saturated heterocycles. The number of urea groups is 1. The zero-order chi connectivity index (χ0) is 19.8. The van der Waals surface area contributed by atoms with Gasteiger partial charge in [0, 0.05) is 12.3 Å². The Morgan fingerprint density at radius 2 is 2.07 bits per heavy atom. The van der Waals surface area contributed by atoms with Crippen molar-refractivity contribution >= 4 is 28.6 Å². The van der Waals surface area contributed by atoms with Crippen molar-refractivity contribution in [2.24, 2.45) is 4.99 Å². The Morgan fingerprint density at radius 3 is 2.67 bits per heavy atom. The number of benzene rings is 1. The summed E-state index contributed by atoms with van der Waals surface area (Å²) in [6.45, 7) is 10.6. The number of thioether (sulfide) groups is 1. The highest BCUT2D eigenvalue weighted by Crippen LogP contribution is 2.28. The number of hydrogen-bond donors (Lipinski definition) is 1. The minimum absolute atomic E-state index is 0.277. The lowest BCUT2D eigenvalue weighted by Crippen LogP contribution is -2.39. The summed E-state index contributed by atoms with van der Waals surface area (Å²) >= 11 is 1.59. The van der Waals surface area contributed by atoms with Crippen molar-refractivity contribution < 1.29 is 9.53 Å². The molecular formula is C21H27N3O2S.